The second-order valence-corrected chi connectivity index (χ2v) is 6.45. The minimum absolute atomic E-state index is 0. The molecule has 0 amide bonds. The molecule has 1 unspecified atom stereocenters. The molecule has 0 fully saturated rings. The Balaban J connectivity index is -0.0000000541. The third kappa shape index (κ3) is 85.2. The van der Waals surface area contributed by atoms with E-state index in [-0.39, 0.29) is 14.5 Å². The molecule has 0 radical (unpaired) electrons. The van der Waals surface area contributed by atoms with Crippen LogP contribution in [0.2, 0.25) is 0 Å². The van der Waals surface area contributed by atoms with Gasteiger partial charge in [-0.05, 0) is 46.1 Å². The van der Waals surface area contributed by atoms with Gasteiger partial charge in [0.1, 0.15) is 0 Å². The van der Waals surface area contributed by atoms with Crippen molar-refractivity contribution in [2.75, 3.05) is 7.11 Å². The van der Waals surface area contributed by atoms with Crippen molar-refractivity contribution in [3.8, 4) is 0 Å². The molecule has 362 valence electrons. The monoisotopic (exact) mass is 970 g/mol. The molecule has 0 aromatic rings. The van der Waals surface area contributed by atoms with Gasteiger partial charge in [-0.25, -0.2) is 0 Å². The third-order valence-electron chi connectivity index (χ3n) is 2.14. The van der Waals surface area contributed by atoms with E-state index in [0.717, 1.165) is 0 Å². The number of hydrogen-bond donors (Lipinski definition) is 0. The Morgan fingerprint density at radius 2 is 0.533 bits per heavy atom. The lowest BCUT2D eigenvalue weighted by atomic mass is 10.3. The molecular weight excluding hydrogens is 945 g/mol. The Morgan fingerprint density at radius 3 is 0.600 bits per heavy atom. The lowest BCUT2D eigenvalue weighted by Crippen LogP contribution is -2.57. The highest BCUT2D eigenvalue weighted by atomic mass is 19.4. The highest BCUT2D eigenvalue weighted by Crippen LogP contribution is 2.47. The van der Waals surface area contributed by atoms with Gasteiger partial charge in [-0.2, -0.15) is 136 Å². The lowest BCUT2D eigenvalue weighted by molar-refractivity contribution is -0.449. The maximum absolute atomic E-state index is 12.8. The first-order valence-electron chi connectivity index (χ1n) is 11.4. The predicted molar refractivity (Wildman–Crippen MR) is 152 cm³/mol. The SMILES string of the molecule is C.C=C.C=C(F)F.C=C(F)F.C=C(F)F.C=C(F)F.C=C(F)F.C=C(F)F.C=C(F)F.COC(F)(C(F)(F)F)C(F)(F)OC(F)=C(F)F.FC(F)=C(C(F)(F)F)C(F)(F)F. The van der Waals surface area contributed by atoms with E-state index < -0.39 is 96.8 Å². The van der Waals surface area contributed by atoms with Crippen molar-refractivity contribution < 1.29 is 146 Å². The van der Waals surface area contributed by atoms with E-state index in [1.54, 1.807) is 0 Å². The molecule has 0 aliphatic rings. The number of alkyl halides is 12. The molecule has 0 saturated heterocycles. The van der Waals surface area contributed by atoms with Gasteiger partial charge in [-0.15, -0.1) is 13.2 Å². The van der Waals surface area contributed by atoms with E-state index in [1.807, 2.05) is 0 Å². The molecule has 60 heavy (non-hydrogen) atoms. The van der Waals surface area contributed by atoms with Crippen LogP contribution in [0.15, 0.2) is 126 Å². The Labute approximate surface area is 317 Å². The van der Waals surface area contributed by atoms with E-state index in [0.29, 0.717) is 0 Å². The number of methoxy groups -OCH3 is 1. The van der Waals surface area contributed by atoms with E-state index in [9.17, 15) is 136 Å². The molecule has 0 N–H and O–H groups in total. The van der Waals surface area contributed by atoms with Gasteiger partial charge >= 0.3 is 42.6 Å². The lowest BCUT2D eigenvalue weighted by Gasteiger charge is -2.31. The first-order chi connectivity index (χ1) is 25.6. The smallest absolute Gasteiger partial charge is 0.398 e. The second-order valence-electron chi connectivity index (χ2n) is 6.45. The largest absolute Gasteiger partial charge is 0.471 e. The molecule has 2 nitrogen and oxygen atoms in total. The average molecular weight is 970 g/mol. The van der Waals surface area contributed by atoms with Crippen molar-refractivity contribution in [3.05, 3.63) is 126 Å². The Kier molecular flexibility index (Phi) is 58.2. The molecule has 0 aromatic heterocycles. The Morgan fingerprint density at radius 1 is 0.367 bits per heavy atom. The summed E-state index contributed by atoms with van der Waals surface area (Å²) in [6, 6.07) is -3.35. The maximum Gasteiger partial charge on any atom is 0.471 e. The maximum atomic E-state index is 12.8. The van der Waals surface area contributed by atoms with Gasteiger partial charge < -0.3 is 9.47 Å². The van der Waals surface area contributed by atoms with Crippen molar-refractivity contribution >= 4 is 0 Å². The summed E-state index contributed by atoms with van der Waals surface area (Å²) in [6.07, 6.45) is -44.6. The first kappa shape index (κ1) is 82.8. The fraction of sp³-hybridized carbons (Fsp3) is 0.259. The Hall–Kier alpha value is -5.01. The van der Waals surface area contributed by atoms with Crippen LogP contribution in [0.4, 0.5) is 136 Å². The molecule has 0 spiro atoms. The van der Waals surface area contributed by atoms with E-state index in [2.05, 4.69) is 68.7 Å². The molecule has 0 aromatic carbocycles. The topological polar surface area (TPSA) is 18.5 Å². The number of ether oxygens (including phenoxy) is 2. The predicted octanol–water partition coefficient (Wildman–Crippen LogP) is 18.0. The quantitative estimate of drug-likeness (QED) is 0.159. The molecule has 0 bridgehead atoms. The summed E-state index contributed by atoms with van der Waals surface area (Å²) in [5.41, 5.74) is -3.75. The standard InChI is InChI=1S/C6H3F9O2.C4F8.7C2H2F2.C2H4.CH4/c1-16-4(10,5(11,12)13)6(14,15)17-3(9)2(7)8;5-2(6)1(3(7,8)9)4(10,11)12;7*1-2(3)4;1-2;/h1H3;;7*1H2;1-2H2;1H4. The number of hydrogen-bond acceptors (Lipinski definition) is 2. The highest BCUT2D eigenvalue weighted by Gasteiger charge is 2.75. The highest BCUT2D eigenvalue weighted by molar-refractivity contribution is 5.15. The summed E-state index contributed by atoms with van der Waals surface area (Å²) in [4.78, 5) is 0. The van der Waals surface area contributed by atoms with E-state index in [1.165, 1.54) is 0 Å². The van der Waals surface area contributed by atoms with Crippen molar-refractivity contribution in [2.24, 2.45) is 0 Å². The summed E-state index contributed by atoms with van der Waals surface area (Å²) in [7, 11) is -0.127. The van der Waals surface area contributed by atoms with E-state index >= 15 is 0 Å². The van der Waals surface area contributed by atoms with Gasteiger partial charge in [0.15, 0.2) is 0 Å². The zero-order valence-electron chi connectivity index (χ0n) is 27.9. The molecule has 0 aliphatic heterocycles. The molecule has 0 heterocycles. The summed E-state index contributed by atoms with van der Waals surface area (Å²) in [6.45, 7) is 21.6. The van der Waals surface area contributed by atoms with Crippen LogP contribution >= 0.6 is 0 Å². The third-order valence-corrected chi connectivity index (χ3v) is 2.14. The average Bonchev–Trinajstić information content (AvgIpc) is 2.89. The van der Waals surface area contributed by atoms with Crippen LogP contribution in [0.3, 0.4) is 0 Å². The summed E-state index contributed by atoms with van der Waals surface area (Å²) in [5, 5.41) is 0. The van der Waals surface area contributed by atoms with Crippen molar-refractivity contribution in [1.29, 1.82) is 0 Å². The van der Waals surface area contributed by atoms with Crippen LogP contribution in [-0.2, 0) is 9.47 Å². The Bertz CT molecular complexity index is 1100. The number of rotatable bonds is 4. The van der Waals surface area contributed by atoms with Crippen LogP contribution < -0.4 is 0 Å². The van der Waals surface area contributed by atoms with Crippen LogP contribution in [0.5, 0.6) is 0 Å². The molecule has 0 saturated carbocycles. The van der Waals surface area contributed by atoms with Gasteiger partial charge in [0.05, 0.1) is 0 Å². The summed E-state index contributed by atoms with van der Waals surface area (Å²) >= 11 is 0. The number of allylic oxidation sites excluding steroid dienone is 1. The summed E-state index contributed by atoms with van der Waals surface area (Å²) in [5.74, 6) is -5.77. The minimum Gasteiger partial charge on any atom is -0.398 e. The zero-order valence-corrected chi connectivity index (χ0v) is 27.9. The molecule has 33 heteroatoms. The second kappa shape index (κ2) is 42.1. The minimum atomic E-state index is -6.34. The van der Waals surface area contributed by atoms with Crippen molar-refractivity contribution in [1.82, 2.24) is 0 Å². The van der Waals surface area contributed by atoms with Crippen molar-refractivity contribution in [2.45, 2.75) is 37.9 Å². The fourth-order valence-electron chi connectivity index (χ4n) is 0.991. The normalized spacial score (nSPS) is 10.3. The molecule has 1 atom stereocenters. The zero-order chi connectivity index (χ0) is 51.3. The number of halogens is 31. The summed E-state index contributed by atoms with van der Waals surface area (Å²) < 4.78 is 345. The van der Waals surface area contributed by atoms with Gasteiger partial charge in [-0.1, -0.05) is 7.43 Å². The first-order valence-corrected chi connectivity index (χ1v) is 11.4. The molecule has 0 aliphatic carbocycles. The van der Waals surface area contributed by atoms with Gasteiger partial charge in [-0.3, -0.25) is 0 Å². The van der Waals surface area contributed by atoms with Gasteiger partial charge in [0.2, 0.25) is 5.57 Å². The van der Waals surface area contributed by atoms with Crippen LogP contribution in [0.25, 0.3) is 0 Å². The molecular formula is C27H25F31O2. The van der Waals surface area contributed by atoms with Crippen LogP contribution in [0, 0.1) is 0 Å². The van der Waals surface area contributed by atoms with Gasteiger partial charge in [0, 0.05) is 7.11 Å². The van der Waals surface area contributed by atoms with Crippen LogP contribution in [-0.4, -0.2) is 37.6 Å². The van der Waals surface area contributed by atoms with E-state index in [4.69, 9.17) is 0 Å². The van der Waals surface area contributed by atoms with Gasteiger partial charge in [0.25, 0.3) is 48.6 Å². The fourth-order valence-corrected chi connectivity index (χ4v) is 0.991. The van der Waals surface area contributed by atoms with Crippen LogP contribution in [0.1, 0.15) is 7.43 Å². The van der Waals surface area contributed by atoms with Crippen molar-refractivity contribution in [3.63, 3.8) is 0 Å². The molecule has 0 rings (SSSR count).